The summed E-state index contributed by atoms with van der Waals surface area (Å²) in [5.74, 6) is 1.67. The Balaban J connectivity index is 1.75. The third-order valence-electron chi connectivity index (χ3n) is 3.93. The Kier molecular flexibility index (Phi) is 3.34. The minimum absolute atomic E-state index is 0.0915. The summed E-state index contributed by atoms with van der Waals surface area (Å²) < 4.78 is 0. The topological polar surface area (TPSA) is 67.6 Å². The molecule has 0 atom stereocenters. The highest BCUT2D eigenvalue weighted by Gasteiger charge is 2.28. The summed E-state index contributed by atoms with van der Waals surface area (Å²) in [4.78, 5) is 4.57. The van der Waals surface area contributed by atoms with Crippen molar-refractivity contribution in [1.29, 1.82) is 0 Å². The molecule has 4 heteroatoms. The molecule has 1 aliphatic rings. The Hall–Kier alpha value is -1.68. The summed E-state index contributed by atoms with van der Waals surface area (Å²) in [6.07, 6.45) is 6.76. The SMILES string of the molecule is NC1(Cc2nc(-c3ccccc3)n[nH]2)CCCCC1. The van der Waals surface area contributed by atoms with E-state index in [0.29, 0.717) is 0 Å². The molecule has 1 aromatic carbocycles. The predicted molar refractivity (Wildman–Crippen MR) is 75.5 cm³/mol. The van der Waals surface area contributed by atoms with Gasteiger partial charge in [0, 0.05) is 17.5 Å². The van der Waals surface area contributed by atoms with E-state index in [4.69, 9.17) is 5.73 Å². The quantitative estimate of drug-likeness (QED) is 0.887. The van der Waals surface area contributed by atoms with Gasteiger partial charge in [-0.2, -0.15) is 5.10 Å². The molecule has 0 saturated heterocycles. The van der Waals surface area contributed by atoms with Crippen LogP contribution in [0.5, 0.6) is 0 Å². The van der Waals surface area contributed by atoms with Crippen LogP contribution in [-0.4, -0.2) is 20.7 Å². The summed E-state index contributed by atoms with van der Waals surface area (Å²) in [6.45, 7) is 0. The Morgan fingerprint density at radius 2 is 1.84 bits per heavy atom. The van der Waals surface area contributed by atoms with Crippen LogP contribution < -0.4 is 5.73 Å². The van der Waals surface area contributed by atoms with Gasteiger partial charge in [-0.3, -0.25) is 5.10 Å². The van der Waals surface area contributed by atoms with Crippen LogP contribution >= 0.6 is 0 Å². The number of nitrogens with two attached hydrogens (primary N) is 1. The van der Waals surface area contributed by atoms with Gasteiger partial charge in [-0.25, -0.2) is 4.98 Å². The first-order chi connectivity index (χ1) is 9.25. The standard InChI is InChI=1S/C15H20N4/c16-15(9-5-2-6-10-15)11-13-17-14(19-18-13)12-7-3-1-4-8-12/h1,3-4,7-8H,2,5-6,9-11,16H2,(H,17,18,19). The van der Waals surface area contributed by atoms with E-state index in [0.717, 1.165) is 36.5 Å². The fraction of sp³-hybridized carbons (Fsp3) is 0.467. The summed E-state index contributed by atoms with van der Waals surface area (Å²) in [7, 11) is 0. The second-order valence-corrected chi connectivity index (χ2v) is 5.57. The third kappa shape index (κ3) is 2.84. The lowest BCUT2D eigenvalue weighted by molar-refractivity contribution is 0.290. The van der Waals surface area contributed by atoms with Gasteiger partial charge in [0.1, 0.15) is 5.82 Å². The molecule has 0 bridgehead atoms. The van der Waals surface area contributed by atoms with Gasteiger partial charge in [0.25, 0.3) is 0 Å². The third-order valence-corrected chi connectivity index (χ3v) is 3.93. The van der Waals surface area contributed by atoms with Crippen LogP contribution in [0.2, 0.25) is 0 Å². The molecular formula is C15H20N4. The van der Waals surface area contributed by atoms with Crippen molar-refractivity contribution in [1.82, 2.24) is 15.2 Å². The fourth-order valence-electron chi connectivity index (χ4n) is 2.86. The van der Waals surface area contributed by atoms with Gasteiger partial charge in [-0.1, -0.05) is 49.6 Å². The first-order valence-electron chi connectivity index (χ1n) is 7.01. The minimum Gasteiger partial charge on any atom is -0.325 e. The molecule has 0 spiro atoms. The molecule has 3 rings (SSSR count). The predicted octanol–water partition coefficient (Wildman–Crippen LogP) is 2.68. The molecule has 1 saturated carbocycles. The molecule has 2 aromatic rings. The molecule has 1 fully saturated rings. The summed E-state index contributed by atoms with van der Waals surface area (Å²) in [5, 5.41) is 7.33. The Labute approximate surface area is 113 Å². The van der Waals surface area contributed by atoms with Crippen molar-refractivity contribution in [3.05, 3.63) is 36.2 Å². The van der Waals surface area contributed by atoms with Gasteiger partial charge >= 0.3 is 0 Å². The highest BCUT2D eigenvalue weighted by molar-refractivity contribution is 5.53. The van der Waals surface area contributed by atoms with Crippen LogP contribution in [-0.2, 0) is 6.42 Å². The van der Waals surface area contributed by atoms with Crippen molar-refractivity contribution in [2.75, 3.05) is 0 Å². The number of nitrogens with zero attached hydrogens (tertiary/aromatic N) is 2. The van der Waals surface area contributed by atoms with Gasteiger partial charge in [0.2, 0.25) is 0 Å². The van der Waals surface area contributed by atoms with E-state index in [1.807, 2.05) is 30.3 Å². The van der Waals surface area contributed by atoms with Gasteiger partial charge in [-0.15, -0.1) is 0 Å². The summed E-state index contributed by atoms with van der Waals surface area (Å²) in [5.41, 5.74) is 7.40. The van der Waals surface area contributed by atoms with Crippen molar-refractivity contribution < 1.29 is 0 Å². The van der Waals surface area contributed by atoms with Crippen molar-refractivity contribution in [3.8, 4) is 11.4 Å². The number of rotatable bonds is 3. The number of aromatic nitrogens is 3. The van der Waals surface area contributed by atoms with E-state index in [-0.39, 0.29) is 5.54 Å². The van der Waals surface area contributed by atoms with E-state index in [2.05, 4.69) is 15.2 Å². The maximum atomic E-state index is 6.45. The normalized spacial score (nSPS) is 18.4. The van der Waals surface area contributed by atoms with E-state index >= 15 is 0 Å². The zero-order valence-corrected chi connectivity index (χ0v) is 11.1. The van der Waals surface area contributed by atoms with Crippen molar-refractivity contribution in [2.45, 2.75) is 44.1 Å². The highest BCUT2D eigenvalue weighted by Crippen LogP contribution is 2.28. The molecule has 1 heterocycles. The summed E-state index contributed by atoms with van der Waals surface area (Å²) >= 11 is 0. The second kappa shape index (κ2) is 5.13. The Morgan fingerprint density at radius 3 is 2.58 bits per heavy atom. The van der Waals surface area contributed by atoms with E-state index in [1.54, 1.807) is 0 Å². The van der Waals surface area contributed by atoms with Gasteiger partial charge < -0.3 is 5.73 Å². The molecule has 1 aromatic heterocycles. The molecule has 0 aliphatic heterocycles. The average Bonchev–Trinajstić information content (AvgIpc) is 2.88. The van der Waals surface area contributed by atoms with Crippen LogP contribution in [0, 0.1) is 0 Å². The molecule has 3 N–H and O–H groups in total. The van der Waals surface area contributed by atoms with Crippen LogP contribution in [0.15, 0.2) is 30.3 Å². The lowest BCUT2D eigenvalue weighted by Crippen LogP contribution is -2.44. The van der Waals surface area contributed by atoms with Gasteiger partial charge in [-0.05, 0) is 12.8 Å². The lowest BCUT2D eigenvalue weighted by atomic mass is 9.80. The molecule has 19 heavy (non-hydrogen) atoms. The first-order valence-corrected chi connectivity index (χ1v) is 7.01. The van der Waals surface area contributed by atoms with Crippen LogP contribution in [0.3, 0.4) is 0 Å². The maximum Gasteiger partial charge on any atom is 0.181 e. The number of hydrogen-bond donors (Lipinski definition) is 2. The Morgan fingerprint density at radius 1 is 1.11 bits per heavy atom. The van der Waals surface area contributed by atoms with Crippen molar-refractivity contribution >= 4 is 0 Å². The number of hydrogen-bond acceptors (Lipinski definition) is 3. The average molecular weight is 256 g/mol. The van der Waals surface area contributed by atoms with Gasteiger partial charge in [0.15, 0.2) is 5.82 Å². The summed E-state index contributed by atoms with van der Waals surface area (Å²) in [6, 6.07) is 10.0. The van der Waals surface area contributed by atoms with Gasteiger partial charge in [0.05, 0.1) is 0 Å². The van der Waals surface area contributed by atoms with E-state index < -0.39 is 0 Å². The smallest absolute Gasteiger partial charge is 0.181 e. The van der Waals surface area contributed by atoms with Crippen LogP contribution in [0.1, 0.15) is 37.9 Å². The number of benzene rings is 1. The zero-order valence-electron chi connectivity index (χ0n) is 11.1. The van der Waals surface area contributed by atoms with Crippen molar-refractivity contribution in [2.24, 2.45) is 5.73 Å². The molecule has 1 aliphatic carbocycles. The van der Waals surface area contributed by atoms with Crippen LogP contribution in [0.4, 0.5) is 0 Å². The number of nitrogens with one attached hydrogen (secondary N) is 1. The van der Waals surface area contributed by atoms with E-state index in [9.17, 15) is 0 Å². The monoisotopic (exact) mass is 256 g/mol. The zero-order chi connectivity index (χ0) is 13.1. The fourth-order valence-corrected chi connectivity index (χ4v) is 2.86. The lowest BCUT2D eigenvalue weighted by Gasteiger charge is -2.32. The molecule has 4 nitrogen and oxygen atoms in total. The molecular weight excluding hydrogens is 236 g/mol. The van der Waals surface area contributed by atoms with E-state index in [1.165, 1.54) is 19.3 Å². The Bertz CT molecular complexity index is 526. The number of aromatic amines is 1. The molecule has 0 amide bonds. The number of H-pyrrole nitrogens is 1. The highest BCUT2D eigenvalue weighted by atomic mass is 15.2. The minimum atomic E-state index is -0.0915. The van der Waals surface area contributed by atoms with Crippen molar-refractivity contribution in [3.63, 3.8) is 0 Å². The molecule has 0 radical (unpaired) electrons. The first kappa shape index (κ1) is 12.4. The maximum absolute atomic E-state index is 6.45. The molecule has 0 unspecified atom stereocenters. The second-order valence-electron chi connectivity index (χ2n) is 5.57. The van der Waals surface area contributed by atoms with Crippen LogP contribution in [0.25, 0.3) is 11.4 Å². The largest absolute Gasteiger partial charge is 0.325 e. The molecule has 100 valence electrons.